The van der Waals surface area contributed by atoms with Crippen LogP contribution in [-0.2, 0) is 6.42 Å². The summed E-state index contributed by atoms with van der Waals surface area (Å²) in [5.74, 6) is 5.57. The number of benzene rings is 1. The lowest BCUT2D eigenvalue weighted by Crippen LogP contribution is -2.44. The van der Waals surface area contributed by atoms with Gasteiger partial charge in [0.2, 0.25) is 0 Å². The van der Waals surface area contributed by atoms with Crippen LogP contribution in [0.15, 0.2) is 30.3 Å². The van der Waals surface area contributed by atoms with Gasteiger partial charge in [0.1, 0.15) is 0 Å². The lowest BCUT2D eigenvalue weighted by Gasteiger charge is -2.30. The number of nitrogens with one attached hydrogen (secondary N) is 1. The highest BCUT2D eigenvalue weighted by Gasteiger charge is 2.22. The van der Waals surface area contributed by atoms with Gasteiger partial charge in [-0.25, -0.2) is 0 Å². The number of hydrogen-bond donors (Lipinski definition) is 2. The molecule has 1 aromatic carbocycles. The molecule has 0 fully saturated rings. The van der Waals surface area contributed by atoms with Crippen molar-refractivity contribution in [2.45, 2.75) is 39.7 Å². The minimum atomic E-state index is 0.212. The summed E-state index contributed by atoms with van der Waals surface area (Å²) in [7, 11) is 0. The Balaban J connectivity index is 2.49. The standard InChI is InChI=1S/C13H22N2/c1-13(2,3)12(15-14)10-9-11-7-5-4-6-8-11/h4-8,12,15H,9-10,14H2,1-3H3. The number of nitrogens with two attached hydrogens (primary N) is 1. The minimum absolute atomic E-state index is 0.212. The van der Waals surface area contributed by atoms with Crippen LogP contribution in [0.3, 0.4) is 0 Å². The van der Waals surface area contributed by atoms with Crippen molar-refractivity contribution in [2.75, 3.05) is 0 Å². The summed E-state index contributed by atoms with van der Waals surface area (Å²) in [6.07, 6.45) is 2.15. The third kappa shape index (κ3) is 4.02. The van der Waals surface area contributed by atoms with Crippen LogP contribution >= 0.6 is 0 Å². The monoisotopic (exact) mass is 206 g/mol. The SMILES string of the molecule is CC(C)(C)C(CCc1ccccc1)NN. The molecule has 0 saturated heterocycles. The Morgan fingerprint density at radius 1 is 1.20 bits per heavy atom. The molecule has 84 valence electrons. The normalized spacial score (nSPS) is 13.9. The van der Waals surface area contributed by atoms with Crippen molar-refractivity contribution < 1.29 is 0 Å². The smallest absolute Gasteiger partial charge is 0.0262 e. The van der Waals surface area contributed by atoms with E-state index in [9.17, 15) is 0 Å². The maximum atomic E-state index is 5.57. The molecule has 1 rings (SSSR count). The number of rotatable bonds is 4. The van der Waals surface area contributed by atoms with E-state index in [0.29, 0.717) is 6.04 Å². The van der Waals surface area contributed by atoms with Crippen LogP contribution in [0.2, 0.25) is 0 Å². The van der Waals surface area contributed by atoms with Crippen molar-refractivity contribution in [3.8, 4) is 0 Å². The molecule has 0 aliphatic carbocycles. The maximum Gasteiger partial charge on any atom is 0.0262 e. The van der Waals surface area contributed by atoms with Gasteiger partial charge in [0.05, 0.1) is 0 Å². The molecule has 0 aliphatic rings. The quantitative estimate of drug-likeness (QED) is 0.587. The van der Waals surface area contributed by atoms with E-state index in [1.54, 1.807) is 0 Å². The van der Waals surface area contributed by atoms with E-state index in [1.807, 2.05) is 6.07 Å². The third-order valence-corrected chi connectivity index (χ3v) is 2.81. The molecule has 0 aromatic heterocycles. The molecule has 1 unspecified atom stereocenters. The van der Waals surface area contributed by atoms with Gasteiger partial charge in [-0.2, -0.15) is 0 Å². The van der Waals surface area contributed by atoms with Crippen molar-refractivity contribution >= 4 is 0 Å². The summed E-state index contributed by atoms with van der Waals surface area (Å²) in [6.45, 7) is 6.63. The van der Waals surface area contributed by atoms with Crippen LogP contribution < -0.4 is 11.3 Å². The molecule has 3 N–H and O–H groups in total. The van der Waals surface area contributed by atoms with Crippen LogP contribution in [0.25, 0.3) is 0 Å². The van der Waals surface area contributed by atoms with Gasteiger partial charge in [0.25, 0.3) is 0 Å². The van der Waals surface area contributed by atoms with Crippen LogP contribution in [0, 0.1) is 5.41 Å². The Kier molecular flexibility index (Phi) is 4.30. The Bertz CT molecular complexity index is 274. The topological polar surface area (TPSA) is 38.0 Å². The third-order valence-electron chi connectivity index (χ3n) is 2.81. The van der Waals surface area contributed by atoms with Gasteiger partial charge < -0.3 is 0 Å². The first-order valence-electron chi connectivity index (χ1n) is 5.54. The molecule has 0 spiro atoms. The first-order chi connectivity index (χ1) is 7.04. The molecule has 0 bridgehead atoms. The van der Waals surface area contributed by atoms with Gasteiger partial charge in [-0.3, -0.25) is 11.3 Å². The van der Waals surface area contributed by atoms with Crippen LogP contribution in [0.5, 0.6) is 0 Å². The molecule has 1 atom stereocenters. The highest BCUT2D eigenvalue weighted by molar-refractivity contribution is 5.14. The lowest BCUT2D eigenvalue weighted by molar-refractivity contribution is 0.257. The van der Waals surface area contributed by atoms with Crippen molar-refractivity contribution in [1.82, 2.24) is 5.43 Å². The summed E-state index contributed by atoms with van der Waals surface area (Å²) < 4.78 is 0. The Morgan fingerprint density at radius 3 is 2.27 bits per heavy atom. The molecule has 0 aliphatic heterocycles. The van der Waals surface area contributed by atoms with E-state index >= 15 is 0 Å². The van der Waals surface area contributed by atoms with Crippen LogP contribution in [-0.4, -0.2) is 6.04 Å². The van der Waals surface area contributed by atoms with Gasteiger partial charge >= 0.3 is 0 Å². The predicted molar refractivity (Wildman–Crippen MR) is 65.3 cm³/mol. The summed E-state index contributed by atoms with van der Waals surface area (Å²) >= 11 is 0. The van der Waals surface area contributed by atoms with E-state index in [0.717, 1.165) is 12.8 Å². The summed E-state index contributed by atoms with van der Waals surface area (Å²) in [4.78, 5) is 0. The highest BCUT2D eigenvalue weighted by Crippen LogP contribution is 2.22. The van der Waals surface area contributed by atoms with Crippen LogP contribution in [0.1, 0.15) is 32.8 Å². The Labute approximate surface area is 92.8 Å². The van der Waals surface area contributed by atoms with Gasteiger partial charge in [-0.15, -0.1) is 0 Å². The second-order valence-corrected chi connectivity index (χ2v) is 5.11. The maximum absolute atomic E-state index is 5.57. The minimum Gasteiger partial charge on any atom is -0.271 e. The molecule has 2 nitrogen and oxygen atoms in total. The zero-order chi connectivity index (χ0) is 11.3. The average Bonchev–Trinajstić information content (AvgIpc) is 2.18. The number of aryl methyl sites for hydroxylation is 1. The molecule has 0 saturated carbocycles. The number of hydrogen-bond acceptors (Lipinski definition) is 2. The van der Waals surface area contributed by atoms with E-state index in [2.05, 4.69) is 50.5 Å². The summed E-state index contributed by atoms with van der Waals surface area (Å²) in [5, 5.41) is 0. The molecular formula is C13H22N2. The second-order valence-electron chi connectivity index (χ2n) is 5.11. The first kappa shape index (κ1) is 12.2. The molecule has 2 heteroatoms. The molecule has 1 aromatic rings. The lowest BCUT2D eigenvalue weighted by atomic mass is 9.84. The molecule has 0 radical (unpaired) electrons. The first-order valence-corrected chi connectivity index (χ1v) is 5.54. The molecular weight excluding hydrogens is 184 g/mol. The van der Waals surface area contributed by atoms with Crippen molar-refractivity contribution in [1.29, 1.82) is 0 Å². The van der Waals surface area contributed by atoms with Gasteiger partial charge in [0.15, 0.2) is 0 Å². The van der Waals surface area contributed by atoms with E-state index in [1.165, 1.54) is 5.56 Å². The fourth-order valence-corrected chi connectivity index (χ4v) is 1.72. The van der Waals surface area contributed by atoms with E-state index < -0.39 is 0 Å². The fourth-order valence-electron chi connectivity index (χ4n) is 1.72. The molecule has 15 heavy (non-hydrogen) atoms. The predicted octanol–water partition coefficient (Wildman–Crippen LogP) is 2.50. The Hall–Kier alpha value is -0.860. The fraction of sp³-hybridized carbons (Fsp3) is 0.538. The second kappa shape index (κ2) is 5.29. The largest absolute Gasteiger partial charge is 0.271 e. The van der Waals surface area contributed by atoms with Crippen molar-refractivity contribution in [3.05, 3.63) is 35.9 Å². The highest BCUT2D eigenvalue weighted by atomic mass is 15.2. The molecule has 0 amide bonds. The van der Waals surface area contributed by atoms with Crippen LogP contribution in [0.4, 0.5) is 0 Å². The average molecular weight is 206 g/mol. The Morgan fingerprint density at radius 2 is 1.80 bits per heavy atom. The van der Waals surface area contributed by atoms with E-state index in [-0.39, 0.29) is 5.41 Å². The van der Waals surface area contributed by atoms with E-state index in [4.69, 9.17) is 5.84 Å². The summed E-state index contributed by atoms with van der Waals surface area (Å²) in [6, 6.07) is 10.9. The van der Waals surface area contributed by atoms with Gasteiger partial charge in [-0.05, 0) is 23.8 Å². The van der Waals surface area contributed by atoms with Crippen molar-refractivity contribution in [3.63, 3.8) is 0 Å². The molecule has 0 heterocycles. The van der Waals surface area contributed by atoms with Crippen molar-refractivity contribution in [2.24, 2.45) is 11.3 Å². The zero-order valence-electron chi connectivity index (χ0n) is 9.96. The number of hydrazine groups is 1. The summed E-state index contributed by atoms with van der Waals surface area (Å²) in [5.41, 5.74) is 4.50. The zero-order valence-corrected chi connectivity index (χ0v) is 9.96. The van der Waals surface area contributed by atoms with Gasteiger partial charge in [0, 0.05) is 6.04 Å². The van der Waals surface area contributed by atoms with Gasteiger partial charge in [-0.1, -0.05) is 51.1 Å².